The van der Waals surface area contributed by atoms with Gasteiger partial charge in [0.2, 0.25) is 0 Å². The SMILES string of the molecule is C=C(C(=O)OC)[C@H]1CC/C(C)=C/CC/C(C)=C/C/C=C(\C)[C@H](O)C1. The van der Waals surface area contributed by atoms with Gasteiger partial charge in [0.15, 0.2) is 0 Å². The smallest absolute Gasteiger partial charge is 0.333 e. The van der Waals surface area contributed by atoms with E-state index in [1.54, 1.807) is 0 Å². The summed E-state index contributed by atoms with van der Waals surface area (Å²) in [5.41, 5.74) is 4.11. The van der Waals surface area contributed by atoms with Gasteiger partial charge in [-0.15, -0.1) is 0 Å². The van der Waals surface area contributed by atoms with E-state index in [0.717, 1.165) is 37.7 Å². The molecule has 0 radical (unpaired) electrons. The predicted molar refractivity (Wildman–Crippen MR) is 99.6 cm³/mol. The Labute approximate surface area is 146 Å². The third-order valence-electron chi connectivity index (χ3n) is 4.80. The van der Waals surface area contributed by atoms with Gasteiger partial charge in [-0.2, -0.15) is 0 Å². The van der Waals surface area contributed by atoms with E-state index >= 15 is 0 Å². The van der Waals surface area contributed by atoms with Gasteiger partial charge in [-0.1, -0.05) is 36.0 Å². The Morgan fingerprint density at radius 3 is 2.50 bits per heavy atom. The lowest BCUT2D eigenvalue weighted by atomic mass is 9.86. The number of hydrogen-bond donors (Lipinski definition) is 1. The van der Waals surface area contributed by atoms with E-state index < -0.39 is 6.10 Å². The van der Waals surface area contributed by atoms with Crippen molar-refractivity contribution in [2.45, 2.75) is 65.4 Å². The molecule has 3 heteroatoms. The summed E-state index contributed by atoms with van der Waals surface area (Å²) < 4.78 is 4.82. The topological polar surface area (TPSA) is 46.5 Å². The second kappa shape index (κ2) is 10.3. The first-order valence-electron chi connectivity index (χ1n) is 8.78. The zero-order valence-electron chi connectivity index (χ0n) is 15.6. The van der Waals surface area contributed by atoms with Gasteiger partial charge >= 0.3 is 5.97 Å². The van der Waals surface area contributed by atoms with Crippen molar-refractivity contribution in [3.05, 3.63) is 47.1 Å². The number of methoxy groups -OCH3 is 1. The fourth-order valence-corrected chi connectivity index (χ4v) is 2.92. The molecule has 0 saturated heterocycles. The van der Waals surface area contributed by atoms with Crippen molar-refractivity contribution in [1.29, 1.82) is 0 Å². The quantitative estimate of drug-likeness (QED) is 0.445. The van der Waals surface area contributed by atoms with E-state index in [2.05, 4.69) is 38.7 Å². The highest BCUT2D eigenvalue weighted by molar-refractivity contribution is 5.88. The van der Waals surface area contributed by atoms with E-state index in [9.17, 15) is 9.90 Å². The highest BCUT2D eigenvalue weighted by Crippen LogP contribution is 2.27. The van der Waals surface area contributed by atoms with Gasteiger partial charge in [0.05, 0.1) is 13.2 Å². The second-order valence-electron chi connectivity index (χ2n) is 6.83. The molecule has 0 aliphatic heterocycles. The maximum atomic E-state index is 11.9. The van der Waals surface area contributed by atoms with Gasteiger partial charge in [-0.25, -0.2) is 4.79 Å². The fourth-order valence-electron chi connectivity index (χ4n) is 2.92. The van der Waals surface area contributed by atoms with Gasteiger partial charge in [0.25, 0.3) is 0 Å². The summed E-state index contributed by atoms with van der Waals surface area (Å²) in [5, 5.41) is 10.5. The molecule has 0 aromatic carbocycles. The number of aliphatic hydroxyl groups excluding tert-OH is 1. The van der Waals surface area contributed by atoms with Crippen molar-refractivity contribution in [2.24, 2.45) is 5.92 Å². The third-order valence-corrected chi connectivity index (χ3v) is 4.80. The van der Waals surface area contributed by atoms with Crippen LogP contribution >= 0.6 is 0 Å². The first-order valence-corrected chi connectivity index (χ1v) is 8.78. The molecule has 0 amide bonds. The lowest BCUT2D eigenvalue weighted by Crippen LogP contribution is -2.21. The van der Waals surface area contributed by atoms with Crippen LogP contribution in [0.5, 0.6) is 0 Å². The Morgan fingerprint density at radius 1 is 1.17 bits per heavy atom. The van der Waals surface area contributed by atoms with Crippen LogP contribution in [0.15, 0.2) is 47.1 Å². The van der Waals surface area contributed by atoms with Gasteiger partial charge in [-0.3, -0.25) is 0 Å². The predicted octanol–water partition coefficient (Wildman–Crippen LogP) is 4.89. The summed E-state index contributed by atoms with van der Waals surface area (Å²) in [5.74, 6) is -0.450. The zero-order chi connectivity index (χ0) is 18.1. The standard InChI is InChI=1S/C21H32O3/c1-15-8-6-9-16(2)12-13-19(18(4)21(23)24-5)14-20(22)17(3)11-7-10-15/h9-11,19-20,22H,4,6-8,12-14H2,1-3,5H3/b15-10+,16-9+,17-11+/t19-,20+/m0/s1. The molecule has 0 aromatic heterocycles. The van der Waals surface area contributed by atoms with Crippen LogP contribution in [0.4, 0.5) is 0 Å². The van der Waals surface area contributed by atoms with Crippen molar-refractivity contribution in [3.63, 3.8) is 0 Å². The maximum absolute atomic E-state index is 11.9. The van der Waals surface area contributed by atoms with Crippen LogP contribution in [0.3, 0.4) is 0 Å². The Morgan fingerprint density at radius 2 is 1.83 bits per heavy atom. The Hall–Kier alpha value is -1.61. The highest BCUT2D eigenvalue weighted by atomic mass is 16.5. The number of carbonyl (C=O) groups excluding carboxylic acids is 1. The number of carbonyl (C=O) groups is 1. The van der Waals surface area contributed by atoms with Crippen LogP contribution in [0.1, 0.15) is 59.3 Å². The molecule has 3 nitrogen and oxygen atoms in total. The molecule has 0 heterocycles. The average molecular weight is 332 g/mol. The number of aliphatic hydroxyl groups is 1. The number of ether oxygens (including phenoxy) is 1. The van der Waals surface area contributed by atoms with E-state index in [4.69, 9.17) is 4.74 Å². The molecule has 1 rings (SSSR count). The first-order chi connectivity index (χ1) is 11.3. The Kier molecular flexibility index (Phi) is 8.77. The minimum Gasteiger partial charge on any atom is -0.466 e. The Balaban J connectivity index is 2.98. The van der Waals surface area contributed by atoms with E-state index in [1.807, 2.05) is 6.92 Å². The summed E-state index contributed by atoms with van der Waals surface area (Å²) in [7, 11) is 1.37. The van der Waals surface area contributed by atoms with Gasteiger partial charge < -0.3 is 9.84 Å². The van der Waals surface area contributed by atoms with Crippen LogP contribution in [0.2, 0.25) is 0 Å². The second-order valence-corrected chi connectivity index (χ2v) is 6.83. The summed E-state index contributed by atoms with van der Waals surface area (Å²) in [6.07, 6.45) is 11.2. The summed E-state index contributed by atoms with van der Waals surface area (Å²) in [4.78, 5) is 11.9. The molecule has 2 atom stereocenters. The van der Waals surface area contributed by atoms with Crippen LogP contribution in [0, 0.1) is 5.92 Å². The van der Waals surface area contributed by atoms with Crippen LogP contribution in [0.25, 0.3) is 0 Å². The number of allylic oxidation sites excluding steroid dienone is 5. The normalized spacial score (nSPS) is 30.6. The monoisotopic (exact) mass is 332 g/mol. The molecule has 1 aliphatic carbocycles. The number of hydrogen-bond acceptors (Lipinski definition) is 3. The van der Waals surface area contributed by atoms with E-state index in [0.29, 0.717) is 12.0 Å². The molecule has 0 spiro atoms. The molecule has 0 saturated carbocycles. The summed E-state index contributed by atoms with van der Waals surface area (Å²) >= 11 is 0. The van der Waals surface area contributed by atoms with E-state index in [1.165, 1.54) is 18.3 Å². The largest absolute Gasteiger partial charge is 0.466 e. The van der Waals surface area contributed by atoms with Crippen molar-refractivity contribution in [2.75, 3.05) is 7.11 Å². The van der Waals surface area contributed by atoms with Gasteiger partial charge in [-0.05, 0) is 70.8 Å². The lowest BCUT2D eigenvalue weighted by Gasteiger charge is -2.22. The van der Waals surface area contributed by atoms with Crippen molar-refractivity contribution >= 4 is 5.97 Å². The van der Waals surface area contributed by atoms with Gasteiger partial charge in [0.1, 0.15) is 0 Å². The molecule has 0 aromatic rings. The Bertz CT molecular complexity index is 537. The minimum absolute atomic E-state index is 0.0700. The minimum atomic E-state index is -0.558. The highest BCUT2D eigenvalue weighted by Gasteiger charge is 2.23. The molecular formula is C21H32O3. The number of esters is 1. The first kappa shape index (κ1) is 20.4. The molecule has 0 unspecified atom stereocenters. The summed E-state index contributed by atoms with van der Waals surface area (Å²) in [6.45, 7) is 10.1. The zero-order valence-corrected chi connectivity index (χ0v) is 15.6. The van der Waals surface area contributed by atoms with E-state index in [-0.39, 0.29) is 11.9 Å². The maximum Gasteiger partial charge on any atom is 0.333 e. The third kappa shape index (κ3) is 6.88. The molecule has 24 heavy (non-hydrogen) atoms. The number of rotatable bonds is 2. The van der Waals surface area contributed by atoms with Gasteiger partial charge in [0, 0.05) is 5.57 Å². The molecule has 1 aliphatic rings. The van der Waals surface area contributed by atoms with Crippen molar-refractivity contribution < 1.29 is 14.6 Å². The van der Waals surface area contributed by atoms with Crippen molar-refractivity contribution in [1.82, 2.24) is 0 Å². The molecular weight excluding hydrogens is 300 g/mol. The fraction of sp³-hybridized carbons (Fsp3) is 0.571. The van der Waals surface area contributed by atoms with Crippen molar-refractivity contribution in [3.8, 4) is 0 Å². The van der Waals surface area contributed by atoms with Crippen LogP contribution in [-0.2, 0) is 9.53 Å². The molecule has 0 bridgehead atoms. The van der Waals surface area contributed by atoms with Crippen LogP contribution in [-0.4, -0.2) is 24.3 Å². The molecule has 0 fully saturated rings. The van der Waals surface area contributed by atoms with Crippen LogP contribution < -0.4 is 0 Å². The summed E-state index contributed by atoms with van der Waals surface area (Å²) in [6, 6.07) is 0. The average Bonchev–Trinajstić information content (AvgIpc) is 2.56. The molecule has 1 N–H and O–H groups in total. The lowest BCUT2D eigenvalue weighted by molar-refractivity contribution is -0.136. The molecule has 134 valence electrons.